The van der Waals surface area contributed by atoms with Crippen LogP contribution in [0.1, 0.15) is 12.8 Å². The molecule has 1 aromatic heterocycles. The Labute approximate surface area is 105 Å². The molecule has 1 fully saturated rings. The summed E-state index contributed by atoms with van der Waals surface area (Å²) < 4.78 is 4.51. The maximum atomic E-state index is 5.63. The molecule has 2 aromatic rings. The molecule has 1 saturated heterocycles. The molecular formula is C13H17N3S. The molecule has 1 unspecified atom stereocenters. The first-order valence-electron chi connectivity index (χ1n) is 6.18. The normalized spacial score (nSPS) is 20.3. The highest BCUT2D eigenvalue weighted by Crippen LogP contribution is 2.34. The lowest BCUT2D eigenvalue weighted by Gasteiger charge is -2.16. The molecular weight excluding hydrogens is 230 g/mol. The van der Waals surface area contributed by atoms with Crippen molar-refractivity contribution in [2.45, 2.75) is 12.8 Å². The summed E-state index contributed by atoms with van der Waals surface area (Å²) in [7, 11) is 0. The van der Waals surface area contributed by atoms with Gasteiger partial charge in [-0.2, -0.15) is 4.37 Å². The number of fused-ring (bicyclic) bond motifs is 1. The number of nitrogens with zero attached hydrogens (tertiary/aromatic N) is 2. The van der Waals surface area contributed by atoms with Crippen LogP contribution in [0, 0.1) is 5.92 Å². The van der Waals surface area contributed by atoms with E-state index in [2.05, 4.69) is 27.5 Å². The van der Waals surface area contributed by atoms with Crippen molar-refractivity contribution in [3.63, 3.8) is 0 Å². The Morgan fingerprint density at radius 3 is 3.18 bits per heavy atom. The number of anilines is 1. The fourth-order valence-corrected chi connectivity index (χ4v) is 3.49. The second-order valence-electron chi connectivity index (χ2n) is 4.68. The van der Waals surface area contributed by atoms with E-state index in [0.29, 0.717) is 0 Å². The quantitative estimate of drug-likeness (QED) is 0.906. The Morgan fingerprint density at radius 2 is 2.29 bits per heavy atom. The van der Waals surface area contributed by atoms with E-state index < -0.39 is 0 Å². The minimum Gasteiger partial charge on any atom is -0.361 e. The Morgan fingerprint density at radius 1 is 1.41 bits per heavy atom. The molecule has 1 aliphatic rings. The standard InChI is InChI=1S/C13H17N3S/c14-7-5-10-6-8-16(9-10)13-11-3-1-2-4-12(11)15-17-13/h1-4,10H,5-9,14H2. The van der Waals surface area contributed by atoms with Crippen molar-refractivity contribution in [2.75, 3.05) is 24.5 Å². The summed E-state index contributed by atoms with van der Waals surface area (Å²) in [4.78, 5) is 2.47. The van der Waals surface area contributed by atoms with E-state index in [1.54, 1.807) is 11.5 Å². The lowest BCUT2D eigenvalue weighted by molar-refractivity contribution is 0.546. The van der Waals surface area contributed by atoms with Crippen LogP contribution in [0.3, 0.4) is 0 Å². The summed E-state index contributed by atoms with van der Waals surface area (Å²) in [5.41, 5.74) is 6.75. The van der Waals surface area contributed by atoms with Crippen molar-refractivity contribution < 1.29 is 0 Å². The van der Waals surface area contributed by atoms with Crippen LogP contribution in [-0.4, -0.2) is 24.0 Å². The third-order valence-corrected chi connectivity index (χ3v) is 4.45. The molecule has 3 nitrogen and oxygen atoms in total. The summed E-state index contributed by atoms with van der Waals surface area (Å²) in [6.07, 6.45) is 2.41. The molecule has 0 amide bonds. The molecule has 3 rings (SSSR count). The Balaban J connectivity index is 1.85. The third kappa shape index (κ3) is 2.03. The van der Waals surface area contributed by atoms with Crippen molar-refractivity contribution in [1.82, 2.24) is 4.37 Å². The topological polar surface area (TPSA) is 42.1 Å². The van der Waals surface area contributed by atoms with E-state index in [9.17, 15) is 0 Å². The Kier molecular flexibility index (Phi) is 2.99. The van der Waals surface area contributed by atoms with Crippen LogP contribution in [-0.2, 0) is 0 Å². The van der Waals surface area contributed by atoms with Crippen molar-refractivity contribution >= 4 is 27.4 Å². The first-order chi connectivity index (χ1) is 8.38. The van der Waals surface area contributed by atoms with Crippen molar-refractivity contribution in [3.05, 3.63) is 24.3 Å². The van der Waals surface area contributed by atoms with Crippen molar-refractivity contribution in [3.8, 4) is 0 Å². The molecule has 17 heavy (non-hydrogen) atoms. The lowest BCUT2D eigenvalue weighted by atomic mass is 10.1. The minimum atomic E-state index is 0.765. The second kappa shape index (κ2) is 4.63. The van der Waals surface area contributed by atoms with E-state index in [4.69, 9.17) is 5.73 Å². The summed E-state index contributed by atoms with van der Waals surface area (Å²) in [6, 6.07) is 8.40. The van der Waals surface area contributed by atoms with E-state index >= 15 is 0 Å². The minimum absolute atomic E-state index is 0.765. The third-order valence-electron chi connectivity index (χ3n) is 3.51. The van der Waals surface area contributed by atoms with Crippen LogP contribution < -0.4 is 10.6 Å². The average Bonchev–Trinajstić information content (AvgIpc) is 2.95. The van der Waals surface area contributed by atoms with Crippen LogP contribution in [0.5, 0.6) is 0 Å². The zero-order chi connectivity index (χ0) is 11.7. The number of hydrogen-bond acceptors (Lipinski definition) is 4. The monoisotopic (exact) mass is 247 g/mol. The summed E-state index contributed by atoms with van der Waals surface area (Å²) >= 11 is 1.62. The van der Waals surface area contributed by atoms with Gasteiger partial charge in [-0.25, -0.2) is 0 Å². The summed E-state index contributed by atoms with van der Waals surface area (Å²) in [5.74, 6) is 0.765. The van der Waals surface area contributed by atoms with Gasteiger partial charge in [0.05, 0.1) is 5.52 Å². The molecule has 0 bridgehead atoms. The van der Waals surface area contributed by atoms with E-state index in [0.717, 1.165) is 37.5 Å². The fraction of sp³-hybridized carbons (Fsp3) is 0.462. The predicted molar refractivity (Wildman–Crippen MR) is 73.6 cm³/mol. The van der Waals surface area contributed by atoms with Gasteiger partial charge in [-0.1, -0.05) is 12.1 Å². The smallest absolute Gasteiger partial charge is 0.119 e. The maximum Gasteiger partial charge on any atom is 0.119 e. The van der Waals surface area contributed by atoms with Gasteiger partial charge in [0.25, 0.3) is 0 Å². The SMILES string of the molecule is NCCC1CCN(c2snc3ccccc23)C1. The zero-order valence-electron chi connectivity index (χ0n) is 9.80. The fourth-order valence-electron chi connectivity index (χ4n) is 2.59. The van der Waals surface area contributed by atoms with E-state index in [1.807, 2.05) is 6.07 Å². The molecule has 1 aromatic carbocycles. The molecule has 0 saturated carbocycles. The highest BCUT2D eigenvalue weighted by molar-refractivity contribution is 7.11. The Hall–Kier alpha value is -1.13. The van der Waals surface area contributed by atoms with Gasteiger partial charge in [-0.15, -0.1) is 0 Å². The Bertz CT molecular complexity index is 508. The van der Waals surface area contributed by atoms with Gasteiger partial charge in [-0.05, 0) is 49.0 Å². The number of benzene rings is 1. The number of nitrogens with two attached hydrogens (primary N) is 1. The van der Waals surface area contributed by atoms with Crippen molar-refractivity contribution in [1.29, 1.82) is 0 Å². The van der Waals surface area contributed by atoms with Crippen LogP contribution >= 0.6 is 11.5 Å². The van der Waals surface area contributed by atoms with Gasteiger partial charge in [0, 0.05) is 18.5 Å². The van der Waals surface area contributed by atoms with Gasteiger partial charge < -0.3 is 10.6 Å². The van der Waals surface area contributed by atoms with Crippen LogP contribution in [0.15, 0.2) is 24.3 Å². The van der Waals surface area contributed by atoms with Gasteiger partial charge in [0.15, 0.2) is 0 Å². The highest BCUT2D eigenvalue weighted by atomic mass is 32.1. The average molecular weight is 247 g/mol. The molecule has 0 radical (unpaired) electrons. The van der Waals surface area contributed by atoms with E-state index in [-0.39, 0.29) is 0 Å². The largest absolute Gasteiger partial charge is 0.361 e. The summed E-state index contributed by atoms with van der Waals surface area (Å²) in [6.45, 7) is 3.10. The number of aromatic nitrogens is 1. The maximum absolute atomic E-state index is 5.63. The first-order valence-corrected chi connectivity index (χ1v) is 6.95. The molecule has 4 heteroatoms. The lowest BCUT2D eigenvalue weighted by Crippen LogP contribution is -2.19. The predicted octanol–water partition coefficient (Wildman–Crippen LogP) is 2.47. The van der Waals surface area contributed by atoms with Crippen molar-refractivity contribution in [2.24, 2.45) is 11.7 Å². The van der Waals surface area contributed by atoms with Gasteiger partial charge in [0.2, 0.25) is 0 Å². The number of hydrogen-bond donors (Lipinski definition) is 1. The van der Waals surface area contributed by atoms with Crippen LogP contribution in [0.4, 0.5) is 5.00 Å². The van der Waals surface area contributed by atoms with Gasteiger partial charge >= 0.3 is 0 Å². The molecule has 2 heterocycles. The molecule has 0 aliphatic carbocycles. The van der Waals surface area contributed by atoms with Gasteiger partial charge in [0.1, 0.15) is 5.00 Å². The summed E-state index contributed by atoms with van der Waals surface area (Å²) in [5, 5.41) is 2.63. The van der Waals surface area contributed by atoms with Gasteiger partial charge in [-0.3, -0.25) is 0 Å². The zero-order valence-corrected chi connectivity index (χ0v) is 10.6. The molecule has 1 atom stereocenters. The highest BCUT2D eigenvalue weighted by Gasteiger charge is 2.24. The second-order valence-corrected chi connectivity index (χ2v) is 5.43. The van der Waals surface area contributed by atoms with Crippen LogP contribution in [0.25, 0.3) is 10.9 Å². The molecule has 1 aliphatic heterocycles. The molecule has 90 valence electrons. The van der Waals surface area contributed by atoms with E-state index in [1.165, 1.54) is 16.8 Å². The molecule has 2 N–H and O–H groups in total. The number of rotatable bonds is 3. The first kappa shape index (κ1) is 11.0. The molecule has 0 spiro atoms. The van der Waals surface area contributed by atoms with Crippen LogP contribution in [0.2, 0.25) is 0 Å².